The largest absolute Gasteiger partial charge is 0.456 e. The van der Waals surface area contributed by atoms with Gasteiger partial charge in [0.2, 0.25) is 0 Å². The summed E-state index contributed by atoms with van der Waals surface area (Å²) in [6, 6.07) is 58.4. The molecule has 0 aliphatic carbocycles. The molecule has 49 heavy (non-hydrogen) atoms. The molecular weight excluding hydrogens is 599 g/mol. The lowest BCUT2D eigenvalue weighted by Gasteiger charge is -2.13. The quantitative estimate of drug-likeness (QED) is 0.184. The van der Waals surface area contributed by atoms with E-state index in [1.165, 1.54) is 11.1 Å². The maximum absolute atomic E-state index is 6.25. The Hall–Kier alpha value is -6.65. The monoisotopic (exact) mass is 627 g/mol. The zero-order chi connectivity index (χ0) is 32.6. The van der Waals surface area contributed by atoms with Gasteiger partial charge in [-0.3, -0.25) is 4.98 Å². The summed E-state index contributed by atoms with van der Waals surface area (Å²) in [4.78, 5) is 15.3. The summed E-state index contributed by atoms with van der Waals surface area (Å²) in [7, 11) is 0. The second-order valence-corrected chi connectivity index (χ2v) is 12.0. The lowest BCUT2D eigenvalue weighted by Crippen LogP contribution is -1.98. The van der Waals surface area contributed by atoms with E-state index in [0.717, 1.165) is 72.4 Å². The molecule has 0 spiro atoms. The topological polar surface area (TPSA) is 51.8 Å². The number of benzene rings is 6. The van der Waals surface area contributed by atoms with Crippen molar-refractivity contribution in [3.8, 4) is 67.4 Å². The first-order valence-electron chi connectivity index (χ1n) is 16.4. The molecule has 3 heterocycles. The minimum Gasteiger partial charge on any atom is -0.456 e. The molecule has 0 aliphatic heterocycles. The standard InChI is InChI=1S/C45H29N3O/c1-3-11-30(12-4-1)32-20-24-34(25-21-32)39-29-40(48-45(47-39)35-26-22-33(23-27-35)31-13-5-2-6-14-31)44-37(17-10-28-46-44)36-16-9-19-42-43(36)38-15-7-8-18-41(38)49-42/h1-29H. The van der Waals surface area contributed by atoms with E-state index in [-0.39, 0.29) is 0 Å². The van der Waals surface area contributed by atoms with Crippen molar-refractivity contribution in [1.29, 1.82) is 0 Å². The second kappa shape index (κ2) is 12.2. The van der Waals surface area contributed by atoms with Crippen molar-refractivity contribution in [2.24, 2.45) is 0 Å². The molecule has 0 fully saturated rings. The SMILES string of the molecule is c1ccc(-c2ccc(-c3cc(-c4ncccc4-c4cccc5oc6ccccc6c45)nc(-c4ccc(-c5ccccc5)cc4)n3)cc2)cc1. The van der Waals surface area contributed by atoms with Crippen LogP contribution in [0.25, 0.3) is 89.4 Å². The van der Waals surface area contributed by atoms with Crippen LogP contribution >= 0.6 is 0 Å². The van der Waals surface area contributed by atoms with Gasteiger partial charge in [0.05, 0.1) is 17.1 Å². The second-order valence-electron chi connectivity index (χ2n) is 12.0. The predicted molar refractivity (Wildman–Crippen MR) is 200 cm³/mol. The Labute approximate surface area is 284 Å². The van der Waals surface area contributed by atoms with Crippen LogP contribution in [0.4, 0.5) is 0 Å². The van der Waals surface area contributed by atoms with Crippen LogP contribution in [-0.2, 0) is 0 Å². The van der Waals surface area contributed by atoms with Gasteiger partial charge in [0.15, 0.2) is 5.82 Å². The van der Waals surface area contributed by atoms with Gasteiger partial charge in [-0.25, -0.2) is 9.97 Å². The van der Waals surface area contributed by atoms with Crippen molar-refractivity contribution in [1.82, 2.24) is 15.0 Å². The van der Waals surface area contributed by atoms with Gasteiger partial charge >= 0.3 is 0 Å². The summed E-state index contributed by atoms with van der Waals surface area (Å²) in [6.45, 7) is 0. The molecule has 0 bridgehead atoms. The van der Waals surface area contributed by atoms with Crippen LogP contribution in [0.5, 0.6) is 0 Å². The Morgan fingerprint density at radius 1 is 0.388 bits per heavy atom. The Kier molecular flexibility index (Phi) is 7.10. The molecule has 9 aromatic rings. The van der Waals surface area contributed by atoms with Gasteiger partial charge in [-0.2, -0.15) is 0 Å². The summed E-state index contributed by atoms with van der Waals surface area (Å²) in [6.07, 6.45) is 1.83. The summed E-state index contributed by atoms with van der Waals surface area (Å²) < 4.78 is 6.25. The van der Waals surface area contributed by atoms with Crippen molar-refractivity contribution in [3.63, 3.8) is 0 Å². The fraction of sp³-hybridized carbons (Fsp3) is 0. The summed E-state index contributed by atoms with van der Waals surface area (Å²) in [5, 5.41) is 2.14. The van der Waals surface area contributed by atoms with Crippen molar-refractivity contribution in [2.75, 3.05) is 0 Å². The van der Waals surface area contributed by atoms with Crippen LogP contribution in [0.1, 0.15) is 0 Å². The van der Waals surface area contributed by atoms with E-state index < -0.39 is 0 Å². The highest BCUT2D eigenvalue weighted by Crippen LogP contribution is 2.40. The maximum Gasteiger partial charge on any atom is 0.160 e. The predicted octanol–water partition coefficient (Wildman–Crippen LogP) is 11.8. The minimum absolute atomic E-state index is 0.642. The molecule has 6 aromatic carbocycles. The van der Waals surface area contributed by atoms with Crippen molar-refractivity contribution in [3.05, 3.63) is 176 Å². The molecule has 4 heteroatoms. The van der Waals surface area contributed by atoms with Crippen LogP contribution in [0.2, 0.25) is 0 Å². The average Bonchev–Trinajstić information content (AvgIpc) is 3.58. The van der Waals surface area contributed by atoms with Crippen LogP contribution < -0.4 is 0 Å². The van der Waals surface area contributed by atoms with Crippen LogP contribution in [0, 0.1) is 0 Å². The Balaban J connectivity index is 1.21. The molecule has 0 radical (unpaired) electrons. The number of hydrogen-bond donors (Lipinski definition) is 0. The third-order valence-electron chi connectivity index (χ3n) is 9.01. The summed E-state index contributed by atoms with van der Waals surface area (Å²) >= 11 is 0. The normalized spacial score (nSPS) is 11.3. The third-order valence-corrected chi connectivity index (χ3v) is 9.01. The number of nitrogens with zero attached hydrogens (tertiary/aromatic N) is 3. The van der Waals surface area contributed by atoms with Crippen molar-refractivity contribution >= 4 is 21.9 Å². The fourth-order valence-electron chi connectivity index (χ4n) is 6.58. The molecule has 3 aromatic heterocycles. The molecular formula is C45H29N3O. The maximum atomic E-state index is 6.25. The highest BCUT2D eigenvalue weighted by molar-refractivity contribution is 6.13. The van der Waals surface area contributed by atoms with Gasteiger partial charge in [0, 0.05) is 33.7 Å². The van der Waals surface area contributed by atoms with Gasteiger partial charge < -0.3 is 4.42 Å². The van der Waals surface area contributed by atoms with Crippen molar-refractivity contribution < 1.29 is 4.42 Å². The first-order valence-corrected chi connectivity index (χ1v) is 16.4. The van der Waals surface area contributed by atoms with Gasteiger partial charge in [0.25, 0.3) is 0 Å². The highest BCUT2D eigenvalue weighted by atomic mass is 16.3. The molecule has 0 unspecified atom stereocenters. The Morgan fingerprint density at radius 3 is 1.65 bits per heavy atom. The molecule has 0 N–H and O–H groups in total. The van der Waals surface area contributed by atoms with E-state index in [1.54, 1.807) is 0 Å². The number of hydrogen-bond acceptors (Lipinski definition) is 4. The van der Waals surface area contributed by atoms with Gasteiger partial charge in [-0.1, -0.05) is 146 Å². The molecule has 230 valence electrons. The van der Waals surface area contributed by atoms with E-state index in [9.17, 15) is 0 Å². The van der Waals surface area contributed by atoms with E-state index in [1.807, 2.05) is 54.7 Å². The number of para-hydroxylation sites is 1. The third kappa shape index (κ3) is 5.35. The van der Waals surface area contributed by atoms with Crippen LogP contribution in [-0.4, -0.2) is 15.0 Å². The summed E-state index contributed by atoms with van der Waals surface area (Å²) in [5.41, 5.74) is 12.7. The van der Waals surface area contributed by atoms with Crippen LogP contribution in [0.3, 0.4) is 0 Å². The lowest BCUT2D eigenvalue weighted by atomic mass is 9.96. The number of pyridine rings is 1. The molecule has 4 nitrogen and oxygen atoms in total. The highest BCUT2D eigenvalue weighted by Gasteiger charge is 2.19. The number of furan rings is 1. The number of rotatable bonds is 6. The Morgan fingerprint density at radius 2 is 0.939 bits per heavy atom. The van der Waals surface area contributed by atoms with E-state index in [0.29, 0.717) is 5.82 Å². The number of fused-ring (bicyclic) bond motifs is 3. The van der Waals surface area contributed by atoms with Crippen molar-refractivity contribution in [2.45, 2.75) is 0 Å². The Bertz CT molecular complexity index is 2470. The first kappa shape index (κ1) is 28.6. The smallest absolute Gasteiger partial charge is 0.160 e. The molecule has 0 amide bonds. The lowest BCUT2D eigenvalue weighted by molar-refractivity contribution is 0.669. The number of aromatic nitrogens is 3. The fourth-order valence-corrected chi connectivity index (χ4v) is 6.58. The van der Waals surface area contributed by atoms with Crippen LogP contribution in [0.15, 0.2) is 180 Å². The van der Waals surface area contributed by atoms with E-state index in [2.05, 4.69) is 121 Å². The molecule has 0 aliphatic rings. The molecule has 9 rings (SSSR count). The molecule has 0 saturated heterocycles. The molecule has 0 atom stereocenters. The van der Waals surface area contributed by atoms with E-state index >= 15 is 0 Å². The minimum atomic E-state index is 0.642. The molecule has 0 saturated carbocycles. The van der Waals surface area contributed by atoms with Gasteiger partial charge in [0.1, 0.15) is 11.2 Å². The zero-order valence-corrected chi connectivity index (χ0v) is 26.5. The summed E-state index contributed by atoms with van der Waals surface area (Å²) in [5.74, 6) is 0.642. The zero-order valence-electron chi connectivity index (χ0n) is 26.5. The average molecular weight is 628 g/mol. The van der Waals surface area contributed by atoms with Gasteiger partial charge in [-0.15, -0.1) is 0 Å². The van der Waals surface area contributed by atoms with Gasteiger partial charge in [-0.05, 0) is 52.1 Å². The first-order chi connectivity index (χ1) is 24.3. The van der Waals surface area contributed by atoms with E-state index in [4.69, 9.17) is 19.4 Å².